The topological polar surface area (TPSA) is 68.5 Å². The smallest absolute Gasteiger partial charge is 0.229 e. The summed E-state index contributed by atoms with van der Waals surface area (Å²) < 4.78 is 10.8. The first kappa shape index (κ1) is 16.9. The highest BCUT2D eigenvalue weighted by atomic mass is 35.5. The summed E-state index contributed by atoms with van der Waals surface area (Å²) in [5.41, 5.74) is 0.811. The summed E-state index contributed by atoms with van der Waals surface area (Å²) >= 11 is 6.16. The van der Waals surface area contributed by atoms with Crippen molar-refractivity contribution >= 4 is 17.5 Å². The zero-order valence-electron chi connectivity index (χ0n) is 13.7. The van der Waals surface area contributed by atoms with Gasteiger partial charge in [-0.3, -0.25) is 4.79 Å². The van der Waals surface area contributed by atoms with Gasteiger partial charge in [-0.15, -0.1) is 0 Å². The Morgan fingerprint density at radius 2 is 2.21 bits per heavy atom. The van der Waals surface area contributed by atoms with Crippen LogP contribution in [0.25, 0.3) is 0 Å². The third kappa shape index (κ3) is 3.60. The Labute approximate surface area is 145 Å². The molecule has 1 saturated heterocycles. The predicted molar refractivity (Wildman–Crippen MR) is 88.8 cm³/mol. The Bertz CT molecular complexity index is 717. The maximum atomic E-state index is 12.8. The number of carbonyl (C=O) groups is 1. The van der Waals surface area contributed by atoms with Gasteiger partial charge in [-0.1, -0.05) is 48.8 Å². The van der Waals surface area contributed by atoms with Gasteiger partial charge in [0, 0.05) is 17.5 Å². The molecule has 1 aromatic heterocycles. The van der Waals surface area contributed by atoms with Crippen LogP contribution >= 0.6 is 11.6 Å². The molecule has 2 heterocycles. The fourth-order valence-corrected chi connectivity index (χ4v) is 2.84. The lowest BCUT2D eigenvalue weighted by atomic mass is 10.1. The summed E-state index contributed by atoms with van der Waals surface area (Å²) in [6.07, 6.45) is 0.241. The summed E-state index contributed by atoms with van der Waals surface area (Å²) in [5.74, 6) is 1.18. The van der Waals surface area contributed by atoms with E-state index in [2.05, 4.69) is 10.1 Å². The molecule has 2 aromatic rings. The van der Waals surface area contributed by atoms with Crippen LogP contribution in [0.5, 0.6) is 0 Å². The van der Waals surface area contributed by atoms with Crippen molar-refractivity contribution in [3.8, 4) is 0 Å². The van der Waals surface area contributed by atoms with Gasteiger partial charge in [0.1, 0.15) is 6.04 Å². The zero-order chi connectivity index (χ0) is 17.1. The van der Waals surface area contributed by atoms with Crippen LogP contribution < -0.4 is 0 Å². The van der Waals surface area contributed by atoms with Gasteiger partial charge in [0.25, 0.3) is 0 Å². The summed E-state index contributed by atoms with van der Waals surface area (Å²) in [6, 6.07) is 7.04. The van der Waals surface area contributed by atoms with Crippen molar-refractivity contribution in [2.75, 3.05) is 19.8 Å². The van der Waals surface area contributed by atoms with E-state index < -0.39 is 0 Å². The number of rotatable bonds is 4. The SMILES string of the molecule is CC(C)c1nc(C2COCCN2C(=O)Cc2ccccc2Cl)no1. The lowest BCUT2D eigenvalue weighted by Gasteiger charge is -2.33. The normalized spacial score (nSPS) is 18.2. The molecule has 24 heavy (non-hydrogen) atoms. The molecule has 0 radical (unpaired) electrons. The Hall–Kier alpha value is -1.92. The van der Waals surface area contributed by atoms with Crippen LogP contribution in [0.15, 0.2) is 28.8 Å². The quantitative estimate of drug-likeness (QED) is 0.848. The van der Waals surface area contributed by atoms with Crippen molar-refractivity contribution in [1.29, 1.82) is 0 Å². The maximum Gasteiger partial charge on any atom is 0.229 e. The van der Waals surface area contributed by atoms with E-state index in [-0.39, 0.29) is 24.3 Å². The van der Waals surface area contributed by atoms with E-state index >= 15 is 0 Å². The molecular formula is C17H20ClN3O3. The molecule has 1 fully saturated rings. The molecule has 1 atom stereocenters. The van der Waals surface area contributed by atoms with Crippen molar-refractivity contribution < 1.29 is 14.1 Å². The molecule has 0 bridgehead atoms. The summed E-state index contributed by atoms with van der Waals surface area (Å²) in [4.78, 5) is 18.9. The van der Waals surface area contributed by atoms with Crippen LogP contribution in [0.1, 0.15) is 43.1 Å². The lowest BCUT2D eigenvalue weighted by molar-refractivity contribution is -0.139. The van der Waals surface area contributed by atoms with Gasteiger partial charge in [0.15, 0.2) is 5.82 Å². The molecule has 1 aromatic carbocycles. The number of hydrogen-bond donors (Lipinski definition) is 0. The number of nitrogens with zero attached hydrogens (tertiary/aromatic N) is 3. The number of ether oxygens (including phenoxy) is 1. The van der Waals surface area contributed by atoms with Crippen LogP contribution in [0.2, 0.25) is 5.02 Å². The number of benzene rings is 1. The zero-order valence-corrected chi connectivity index (χ0v) is 14.5. The highest BCUT2D eigenvalue weighted by molar-refractivity contribution is 6.31. The number of morpholine rings is 1. The lowest BCUT2D eigenvalue weighted by Crippen LogP contribution is -2.44. The first-order valence-corrected chi connectivity index (χ1v) is 8.38. The monoisotopic (exact) mass is 349 g/mol. The van der Waals surface area contributed by atoms with Gasteiger partial charge in [-0.2, -0.15) is 4.98 Å². The second-order valence-corrected chi connectivity index (χ2v) is 6.50. The molecule has 128 valence electrons. The highest BCUT2D eigenvalue weighted by Crippen LogP contribution is 2.25. The van der Waals surface area contributed by atoms with Crippen LogP contribution in [0.3, 0.4) is 0 Å². The fourth-order valence-electron chi connectivity index (χ4n) is 2.64. The predicted octanol–water partition coefficient (Wildman–Crippen LogP) is 2.99. The molecule has 0 saturated carbocycles. The minimum absolute atomic E-state index is 0.0210. The Morgan fingerprint density at radius 1 is 1.42 bits per heavy atom. The van der Waals surface area contributed by atoms with E-state index in [4.69, 9.17) is 20.9 Å². The van der Waals surface area contributed by atoms with E-state index in [0.717, 1.165) is 5.56 Å². The molecule has 0 spiro atoms. The number of amides is 1. The number of aromatic nitrogens is 2. The van der Waals surface area contributed by atoms with Gasteiger partial charge in [0.05, 0.1) is 19.6 Å². The van der Waals surface area contributed by atoms with Gasteiger partial charge in [0.2, 0.25) is 11.8 Å². The van der Waals surface area contributed by atoms with E-state index in [1.54, 1.807) is 11.0 Å². The molecule has 1 amide bonds. The molecule has 0 aliphatic carbocycles. The van der Waals surface area contributed by atoms with Crippen molar-refractivity contribution in [3.05, 3.63) is 46.6 Å². The van der Waals surface area contributed by atoms with Crippen LogP contribution in [0, 0.1) is 0 Å². The molecule has 3 rings (SSSR count). The van der Waals surface area contributed by atoms with Crippen molar-refractivity contribution in [2.45, 2.75) is 32.2 Å². The van der Waals surface area contributed by atoms with Gasteiger partial charge < -0.3 is 14.2 Å². The minimum Gasteiger partial charge on any atom is -0.377 e. The molecule has 1 aliphatic heterocycles. The van der Waals surface area contributed by atoms with Crippen molar-refractivity contribution in [1.82, 2.24) is 15.0 Å². The summed E-state index contributed by atoms with van der Waals surface area (Å²) in [6.45, 7) is 5.33. The highest BCUT2D eigenvalue weighted by Gasteiger charge is 2.32. The summed E-state index contributed by atoms with van der Waals surface area (Å²) in [5, 5.41) is 4.63. The molecule has 7 heteroatoms. The van der Waals surface area contributed by atoms with Crippen molar-refractivity contribution in [2.24, 2.45) is 0 Å². The Kier molecular flexibility index (Phi) is 5.16. The third-order valence-corrected chi connectivity index (χ3v) is 4.37. The van der Waals surface area contributed by atoms with Gasteiger partial charge >= 0.3 is 0 Å². The average Bonchev–Trinajstić information content (AvgIpc) is 3.07. The average molecular weight is 350 g/mol. The molecule has 1 unspecified atom stereocenters. The standard InChI is InChI=1S/C17H20ClN3O3/c1-11(2)17-19-16(20-24-17)14-10-23-8-7-21(14)15(22)9-12-5-3-4-6-13(12)18/h3-6,11,14H,7-10H2,1-2H3. The Balaban J connectivity index is 1.78. The van der Waals surface area contributed by atoms with E-state index in [9.17, 15) is 4.79 Å². The van der Waals surface area contributed by atoms with Crippen LogP contribution in [-0.2, 0) is 16.0 Å². The molecule has 1 aliphatic rings. The fraction of sp³-hybridized carbons (Fsp3) is 0.471. The van der Waals surface area contributed by atoms with Gasteiger partial charge in [-0.25, -0.2) is 0 Å². The number of halogens is 1. The second kappa shape index (κ2) is 7.32. The first-order valence-electron chi connectivity index (χ1n) is 8.00. The molecule has 0 N–H and O–H groups in total. The Morgan fingerprint density at radius 3 is 2.92 bits per heavy atom. The van der Waals surface area contributed by atoms with E-state index in [0.29, 0.717) is 36.5 Å². The first-order chi connectivity index (χ1) is 11.6. The van der Waals surface area contributed by atoms with E-state index in [1.807, 2.05) is 32.0 Å². The maximum absolute atomic E-state index is 12.8. The third-order valence-electron chi connectivity index (χ3n) is 4.00. The van der Waals surface area contributed by atoms with Crippen LogP contribution in [0.4, 0.5) is 0 Å². The molecular weight excluding hydrogens is 330 g/mol. The van der Waals surface area contributed by atoms with Gasteiger partial charge in [-0.05, 0) is 11.6 Å². The largest absolute Gasteiger partial charge is 0.377 e. The van der Waals surface area contributed by atoms with E-state index in [1.165, 1.54) is 0 Å². The van der Waals surface area contributed by atoms with Crippen LogP contribution in [-0.4, -0.2) is 40.7 Å². The number of hydrogen-bond acceptors (Lipinski definition) is 5. The second-order valence-electron chi connectivity index (χ2n) is 6.09. The van der Waals surface area contributed by atoms with Crippen molar-refractivity contribution in [3.63, 3.8) is 0 Å². The minimum atomic E-state index is -0.329. The molecule has 6 nitrogen and oxygen atoms in total. The summed E-state index contributed by atoms with van der Waals surface area (Å²) in [7, 11) is 0. The number of carbonyl (C=O) groups excluding carboxylic acids is 1.